The van der Waals surface area contributed by atoms with Gasteiger partial charge < -0.3 is 15.2 Å². The largest absolute Gasteiger partial charge is 0.349 e. The molecule has 1 fully saturated rings. The van der Waals surface area contributed by atoms with Gasteiger partial charge in [0.2, 0.25) is 5.89 Å². The summed E-state index contributed by atoms with van der Waals surface area (Å²) < 4.78 is 5.14. The molecule has 2 heterocycles. The predicted molar refractivity (Wildman–Crippen MR) is 61.5 cm³/mol. The highest BCUT2D eigenvalue weighted by Crippen LogP contribution is 2.20. The van der Waals surface area contributed by atoms with E-state index in [4.69, 9.17) is 4.52 Å². The zero-order chi connectivity index (χ0) is 12.1. The zero-order valence-electron chi connectivity index (χ0n) is 10.0. The number of aromatic nitrogens is 2. The van der Waals surface area contributed by atoms with Gasteiger partial charge in [-0.25, -0.2) is 0 Å². The van der Waals surface area contributed by atoms with E-state index in [-0.39, 0.29) is 17.8 Å². The molecule has 0 aromatic carbocycles. The molecular weight excluding hydrogens is 220 g/mol. The van der Waals surface area contributed by atoms with Crippen LogP contribution in [-0.2, 0) is 0 Å². The maximum atomic E-state index is 11.5. The summed E-state index contributed by atoms with van der Waals surface area (Å²) in [5, 5.41) is 9.70. The molecule has 0 aliphatic carbocycles. The first-order chi connectivity index (χ1) is 8.31. The molecule has 0 spiro atoms. The van der Waals surface area contributed by atoms with E-state index in [0.717, 1.165) is 19.4 Å². The highest BCUT2D eigenvalue weighted by Gasteiger charge is 2.22. The van der Waals surface area contributed by atoms with Gasteiger partial charge in [-0.3, -0.25) is 4.79 Å². The Morgan fingerprint density at radius 2 is 2.41 bits per heavy atom. The van der Waals surface area contributed by atoms with Gasteiger partial charge in [0.1, 0.15) is 0 Å². The van der Waals surface area contributed by atoms with Crippen LogP contribution in [-0.4, -0.2) is 29.1 Å². The Kier molecular flexibility index (Phi) is 4.08. The highest BCUT2D eigenvalue weighted by atomic mass is 16.5. The van der Waals surface area contributed by atoms with E-state index in [1.807, 2.05) is 6.92 Å². The fourth-order valence-corrected chi connectivity index (χ4v) is 1.95. The van der Waals surface area contributed by atoms with Crippen LogP contribution in [0.3, 0.4) is 0 Å². The lowest BCUT2D eigenvalue weighted by Crippen LogP contribution is -2.24. The summed E-state index contributed by atoms with van der Waals surface area (Å²) in [7, 11) is 0. The van der Waals surface area contributed by atoms with Crippen LogP contribution >= 0.6 is 0 Å². The summed E-state index contributed by atoms with van der Waals surface area (Å²) in [5.74, 6) is 0.358. The van der Waals surface area contributed by atoms with E-state index in [1.165, 1.54) is 12.8 Å². The molecule has 1 atom stereocenters. The molecule has 1 aliphatic heterocycles. The SMILES string of the molecule is CCNC(=O)c1noc(C2CCCCCN2)n1. The molecule has 17 heavy (non-hydrogen) atoms. The van der Waals surface area contributed by atoms with Crippen molar-refractivity contribution in [2.24, 2.45) is 0 Å². The average Bonchev–Trinajstić information content (AvgIpc) is 2.66. The van der Waals surface area contributed by atoms with Crippen molar-refractivity contribution in [1.82, 2.24) is 20.8 Å². The van der Waals surface area contributed by atoms with E-state index in [9.17, 15) is 4.79 Å². The van der Waals surface area contributed by atoms with E-state index in [2.05, 4.69) is 20.8 Å². The van der Waals surface area contributed by atoms with Crippen molar-refractivity contribution in [2.45, 2.75) is 38.6 Å². The molecule has 1 aliphatic rings. The van der Waals surface area contributed by atoms with Crippen LogP contribution in [0.25, 0.3) is 0 Å². The van der Waals surface area contributed by atoms with Crippen molar-refractivity contribution in [3.63, 3.8) is 0 Å². The van der Waals surface area contributed by atoms with E-state index >= 15 is 0 Å². The fraction of sp³-hybridized carbons (Fsp3) is 0.727. The lowest BCUT2D eigenvalue weighted by Gasteiger charge is -2.09. The van der Waals surface area contributed by atoms with Crippen molar-refractivity contribution in [3.05, 3.63) is 11.7 Å². The third-order valence-corrected chi connectivity index (χ3v) is 2.84. The predicted octanol–water partition coefficient (Wildman–Crippen LogP) is 1.02. The summed E-state index contributed by atoms with van der Waals surface area (Å²) in [4.78, 5) is 15.6. The first kappa shape index (κ1) is 12.0. The van der Waals surface area contributed by atoms with Crippen LogP contribution in [0.5, 0.6) is 0 Å². The molecule has 1 amide bonds. The number of carbonyl (C=O) groups excluding carboxylic acids is 1. The molecule has 1 aromatic rings. The molecular formula is C11H18N4O2. The molecule has 6 nitrogen and oxygen atoms in total. The summed E-state index contributed by atoms with van der Waals surface area (Å²) >= 11 is 0. The zero-order valence-corrected chi connectivity index (χ0v) is 10.0. The highest BCUT2D eigenvalue weighted by molar-refractivity contribution is 5.90. The minimum absolute atomic E-state index is 0.0909. The van der Waals surface area contributed by atoms with Crippen molar-refractivity contribution < 1.29 is 9.32 Å². The van der Waals surface area contributed by atoms with Gasteiger partial charge in [-0.05, 0) is 26.3 Å². The lowest BCUT2D eigenvalue weighted by molar-refractivity contribution is 0.0942. The standard InChI is InChI=1S/C11H18N4O2/c1-2-12-10(16)9-14-11(17-15-9)8-6-4-3-5-7-13-8/h8,13H,2-7H2,1H3,(H,12,16). The molecule has 94 valence electrons. The summed E-state index contributed by atoms with van der Waals surface area (Å²) in [5.41, 5.74) is 0. The average molecular weight is 238 g/mol. The molecule has 1 unspecified atom stereocenters. The van der Waals surface area contributed by atoms with Crippen LogP contribution in [0.2, 0.25) is 0 Å². The van der Waals surface area contributed by atoms with Gasteiger partial charge in [-0.2, -0.15) is 4.98 Å². The molecule has 0 saturated carbocycles. The van der Waals surface area contributed by atoms with Crippen LogP contribution in [0, 0.1) is 0 Å². The molecule has 2 N–H and O–H groups in total. The van der Waals surface area contributed by atoms with Gasteiger partial charge in [0.15, 0.2) is 0 Å². The van der Waals surface area contributed by atoms with Gasteiger partial charge in [-0.1, -0.05) is 18.0 Å². The Bertz CT molecular complexity index is 369. The third-order valence-electron chi connectivity index (χ3n) is 2.84. The number of carbonyl (C=O) groups is 1. The van der Waals surface area contributed by atoms with E-state index in [1.54, 1.807) is 0 Å². The van der Waals surface area contributed by atoms with Crippen LogP contribution in [0.15, 0.2) is 4.52 Å². The second-order valence-electron chi connectivity index (χ2n) is 4.17. The summed E-state index contributed by atoms with van der Waals surface area (Å²) in [6.45, 7) is 3.37. The van der Waals surface area contributed by atoms with Gasteiger partial charge in [0.05, 0.1) is 6.04 Å². The van der Waals surface area contributed by atoms with Crippen molar-refractivity contribution >= 4 is 5.91 Å². The first-order valence-corrected chi connectivity index (χ1v) is 6.16. The fourth-order valence-electron chi connectivity index (χ4n) is 1.95. The molecule has 0 radical (unpaired) electrons. The van der Waals surface area contributed by atoms with Crippen LogP contribution in [0.4, 0.5) is 0 Å². The number of hydrogen-bond acceptors (Lipinski definition) is 5. The Hall–Kier alpha value is -1.43. The Labute approximate surface area is 100 Å². The number of nitrogens with zero attached hydrogens (tertiary/aromatic N) is 2. The lowest BCUT2D eigenvalue weighted by atomic mass is 10.1. The van der Waals surface area contributed by atoms with Gasteiger partial charge in [0, 0.05) is 6.54 Å². The summed E-state index contributed by atoms with van der Waals surface area (Å²) in [6.07, 6.45) is 4.53. The second kappa shape index (κ2) is 5.77. The number of rotatable bonds is 3. The molecule has 6 heteroatoms. The molecule has 1 aromatic heterocycles. The summed E-state index contributed by atoms with van der Waals surface area (Å²) in [6, 6.07) is 0.0909. The Morgan fingerprint density at radius 3 is 3.24 bits per heavy atom. The van der Waals surface area contributed by atoms with E-state index < -0.39 is 0 Å². The Balaban J connectivity index is 2.03. The topological polar surface area (TPSA) is 80.0 Å². The maximum Gasteiger partial charge on any atom is 0.292 e. The van der Waals surface area contributed by atoms with Gasteiger partial charge >= 0.3 is 0 Å². The van der Waals surface area contributed by atoms with Gasteiger partial charge in [0.25, 0.3) is 11.7 Å². The molecule has 2 rings (SSSR count). The van der Waals surface area contributed by atoms with Crippen molar-refractivity contribution in [3.8, 4) is 0 Å². The quantitative estimate of drug-likeness (QED) is 0.822. The third kappa shape index (κ3) is 3.03. The van der Waals surface area contributed by atoms with Crippen molar-refractivity contribution in [2.75, 3.05) is 13.1 Å². The smallest absolute Gasteiger partial charge is 0.292 e. The van der Waals surface area contributed by atoms with Crippen molar-refractivity contribution in [1.29, 1.82) is 0 Å². The van der Waals surface area contributed by atoms with Crippen LogP contribution in [0.1, 0.15) is 55.2 Å². The second-order valence-corrected chi connectivity index (χ2v) is 4.17. The monoisotopic (exact) mass is 238 g/mol. The van der Waals surface area contributed by atoms with Gasteiger partial charge in [-0.15, -0.1) is 0 Å². The van der Waals surface area contributed by atoms with E-state index in [0.29, 0.717) is 12.4 Å². The minimum atomic E-state index is -0.281. The maximum absolute atomic E-state index is 11.5. The minimum Gasteiger partial charge on any atom is -0.349 e. The number of nitrogens with one attached hydrogen (secondary N) is 2. The number of amides is 1. The molecule has 0 bridgehead atoms. The van der Waals surface area contributed by atoms with Crippen LogP contribution < -0.4 is 10.6 Å². The normalized spacial score (nSPS) is 20.9. The molecule has 1 saturated heterocycles. The first-order valence-electron chi connectivity index (χ1n) is 6.16. The number of hydrogen-bond donors (Lipinski definition) is 2. The Morgan fingerprint density at radius 1 is 1.53 bits per heavy atom.